The monoisotopic (exact) mass is 286 g/mol. The fourth-order valence-electron chi connectivity index (χ4n) is 2.66. The second-order valence-corrected chi connectivity index (χ2v) is 5.54. The molecule has 0 spiro atoms. The zero-order chi connectivity index (χ0) is 13.0. The molecular formula is C14H20Cl2N2. The van der Waals surface area contributed by atoms with Gasteiger partial charge in [0, 0.05) is 12.6 Å². The van der Waals surface area contributed by atoms with Crippen LogP contribution in [0.2, 0.25) is 5.02 Å². The molecule has 0 saturated carbocycles. The molecule has 0 amide bonds. The van der Waals surface area contributed by atoms with E-state index in [0.717, 1.165) is 18.1 Å². The van der Waals surface area contributed by atoms with E-state index in [1.807, 2.05) is 12.1 Å². The molecule has 1 atom stereocenters. The Hall–Kier alpha value is -0.470. The zero-order valence-corrected chi connectivity index (χ0v) is 12.3. The van der Waals surface area contributed by atoms with Crippen molar-refractivity contribution in [3.8, 4) is 0 Å². The Morgan fingerprint density at radius 3 is 2.94 bits per heavy atom. The first-order valence-electron chi connectivity index (χ1n) is 6.74. The van der Waals surface area contributed by atoms with Gasteiger partial charge in [0.2, 0.25) is 0 Å². The van der Waals surface area contributed by atoms with Crippen LogP contribution in [0.3, 0.4) is 0 Å². The number of nitrogens with zero attached hydrogens (tertiary/aromatic N) is 2. The molecule has 1 fully saturated rings. The quantitative estimate of drug-likeness (QED) is 0.750. The number of hydrogen-bond donors (Lipinski definition) is 0. The molecule has 0 aliphatic carbocycles. The van der Waals surface area contributed by atoms with Gasteiger partial charge in [0.25, 0.3) is 0 Å². The molecule has 1 aliphatic heterocycles. The third-order valence-electron chi connectivity index (χ3n) is 3.57. The molecule has 1 aliphatic rings. The van der Waals surface area contributed by atoms with Crippen molar-refractivity contribution in [3.05, 3.63) is 22.8 Å². The van der Waals surface area contributed by atoms with Gasteiger partial charge in [-0.1, -0.05) is 24.9 Å². The van der Waals surface area contributed by atoms with Crippen LogP contribution in [-0.4, -0.2) is 17.6 Å². The number of alkyl halides is 1. The Labute approximate surface area is 119 Å². The average Bonchev–Trinajstić information content (AvgIpc) is 2.40. The molecule has 2 rings (SSSR count). The molecule has 1 unspecified atom stereocenters. The summed E-state index contributed by atoms with van der Waals surface area (Å²) in [4.78, 5) is 7.04. The van der Waals surface area contributed by atoms with Crippen molar-refractivity contribution < 1.29 is 0 Å². The molecule has 4 heteroatoms. The van der Waals surface area contributed by atoms with Gasteiger partial charge >= 0.3 is 0 Å². The summed E-state index contributed by atoms with van der Waals surface area (Å²) in [7, 11) is 0. The Morgan fingerprint density at radius 1 is 1.39 bits per heavy atom. The minimum atomic E-state index is 0.374. The molecular weight excluding hydrogens is 267 g/mol. The number of aromatic nitrogens is 1. The van der Waals surface area contributed by atoms with Crippen molar-refractivity contribution >= 4 is 29.0 Å². The van der Waals surface area contributed by atoms with Gasteiger partial charge in [0.1, 0.15) is 5.82 Å². The number of hydrogen-bond acceptors (Lipinski definition) is 2. The van der Waals surface area contributed by atoms with Crippen molar-refractivity contribution in [2.45, 2.75) is 50.9 Å². The maximum Gasteiger partial charge on any atom is 0.129 e. The van der Waals surface area contributed by atoms with Crippen molar-refractivity contribution in [1.29, 1.82) is 0 Å². The summed E-state index contributed by atoms with van der Waals surface area (Å²) in [5, 5.41) is 0.665. The lowest BCUT2D eigenvalue weighted by molar-refractivity contribution is 0.431. The van der Waals surface area contributed by atoms with Gasteiger partial charge in [-0.25, -0.2) is 4.98 Å². The van der Waals surface area contributed by atoms with Gasteiger partial charge < -0.3 is 4.90 Å². The predicted molar refractivity (Wildman–Crippen MR) is 78.7 cm³/mol. The number of pyridine rings is 1. The van der Waals surface area contributed by atoms with E-state index >= 15 is 0 Å². The highest BCUT2D eigenvalue weighted by atomic mass is 35.5. The molecule has 2 heterocycles. The Balaban J connectivity index is 2.22. The van der Waals surface area contributed by atoms with Gasteiger partial charge in [-0.05, 0) is 37.8 Å². The summed E-state index contributed by atoms with van der Waals surface area (Å²) < 4.78 is 0. The van der Waals surface area contributed by atoms with Crippen LogP contribution in [0.15, 0.2) is 12.1 Å². The lowest BCUT2D eigenvalue weighted by Crippen LogP contribution is -2.40. The van der Waals surface area contributed by atoms with Crippen LogP contribution in [0.1, 0.15) is 44.7 Å². The van der Waals surface area contributed by atoms with Crippen molar-refractivity contribution in [2.24, 2.45) is 0 Å². The van der Waals surface area contributed by atoms with E-state index in [9.17, 15) is 0 Å². The number of piperidine rings is 1. The summed E-state index contributed by atoms with van der Waals surface area (Å²) in [6, 6.07) is 4.56. The maximum atomic E-state index is 6.07. The summed E-state index contributed by atoms with van der Waals surface area (Å²) in [6.07, 6.45) is 6.31. The summed E-state index contributed by atoms with van der Waals surface area (Å²) >= 11 is 11.9. The molecule has 0 bridgehead atoms. The fourth-order valence-corrected chi connectivity index (χ4v) is 3.11. The van der Waals surface area contributed by atoms with E-state index in [4.69, 9.17) is 23.2 Å². The van der Waals surface area contributed by atoms with Gasteiger partial charge in [-0.15, -0.1) is 11.6 Å². The van der Waals surface area contributed by atoms with Gasteiger partial charge in [-0.2, -0.15) is 0 Å². The maximum absolute atomic E-state index is 6.07. The normalized spacial score (nSPS) is 20.2. The third-order valence-corrected chi connectivity index (χ3v) is 4.17. The van der Waals surface area contributed by atoms with Gasteiger partial charge in [0.05, 0.1) is 16.6 Å². The van der Waals surface area contributed by atoms with Crippen LogP contribution in [0.25, 0.3) is 0 Å². The highest BCUT2D eigenvalue weighted by Gasteiger charge is 2.23. The molecule has 2 nitrogen and oxygen atoms in total. The molecule has 1 aromatic rings. The molecule has 1 saturated heterocycles. The Morgan fingerprint density at radius 2 is 2.22 bits per heavy atom. The Bertz CT molecular complexity index is 393. The van der Waals surface area contributed by atoms with E-state index in [2.05, 4.69) is 16.8 Å². The van der Waals surface area contributed by atoms with Gasteiger partial charge in [0.15, 0.2) is 0 Å². The summed E-state index contributed by atoms with van der Waals surface area (Å²) in [5.74, 6) is 1.41. The minimum Gasteiger partial charge on any atom is -0.354 e. The standard InChI is InChI=1S/C14H20Cl2N2/c1-2-5-11-6-3-4-9-18(11)14-8-7-12(16)13(10-15)17-14/h7-8,11H,2-6,9-10H2,1H3. The van der Waals surface area contributed by atoms with Crippen LogP contribution >= 0.6 is 23.2 Å². The molecule has 0 N–H and O–H groups in total. The van der Waals surface area contributed by atoms with Crippen LogP contribution in [0, 0.1) is 0 Å². The number of anilines is 1. The average molecular weight is 287 g/mol. The zero-order valence-electron chi connectivity index (χ0n) is 10.8. The first-order chi connectivity index (χ1) is 8.76. The number of rotatable bonds is 4. The smallest absolute Gasteiger partial charge is 0.129 e. The SMILES string of the molecule is CCCC1CCCCN1c1ccc(Cl)c(CCl)n1. The lowest BCUT2D eigenvalue weighted by atomic mass is 9.98. The van der Waals surface area contributed by atoms with Gasteiger partial charge in [-0.3, -0.25) is 0 Å². The topological polar surface area (TPSA) is 16.1 Å². The van der Waals surface area contributed by atoms with Crippen LogP contribution in [-0.2, 0) is 5.88 Å². The lowest BCUT2D eigenvalue weighted by Gasteiger charge is -2.37. The largest absolute Gasteiger partial charge is 0.354 e. The first kappa shape index (κ1) is 14.0. The van der Waals surface area contributed by atoms with E-state index in [1.54, 1.807) is 0 Å². The second kappa shape index (κ2) is 6.63. The van der Waals surface area contributed by atoms with Crippen LogP contribution in [0.5, 0.6) is 0 Å². The van der Waals surface area contributed by atoms with Crippen LogP contribution < -0.4 is 4.90 Å². The van der Waals surface area contributed by atoms with E-state index < -0.39 is 0 Å². The van der Waals surface area contributed by atoms with Crippen molar-refractivity contribution in [1.82, 2.24) is 4.98 Å². The van der Waals surface area contributed by atoms with Crippen LogP contribution in [0.4, 0.5) is 5.82 Å². The molecule has 1 aromatic heterocycles. The molecule has 100 valence electrons. The van der Waals surface area contributed by atoms with Crippen molar-refractivity contribution in [3.63, 3.8) is 0 Å². The minimum absolute atomic E-state index is 0.374. The number of halogens is 2. The first-order valence-corrected chi connectivity index (χ1v) is 7.65. The Kier molecular flexibility index (Phi) is 5.13. The van der Waals surface area contributed by atoms with E-state index in [1.165, 1.54) is 32.1 Å². The fraction of sp³-hybridized carbons (Fsp3) is 0.643. The molecule has 0 radical (unpaired) electrons. The van der Waals surface area contributed by atoms with E-state index in [-0.39, 0.29) is 0 Å². The summed E-state index contributed by atoms with van der Waals surface area (Å²) in [6.45, 7) is 3.34. The van der Waals surface area contributed by atoms with Crippen molar-refractivity contribution in [2.75, 3.05) is 11.4 Å². The van der Waals surface area contributed by atoms with E-state index in [0.29, 0.717) is 16.9 Å². The molecule has 18 heavy (non-hydrogen) atoms. The molecule has 0 aromatic carbocycles. The highest BCUT2D eigenvalue weighted by Crippen LogP contribution is 2.28. The summed E-state index contributed by atoms with van der Waals surface area (Å²) in [5.41, 5.74) is 0.789. The second-order valence-electron chi connectivity index (χ2n) is 4.86. The third kappa shape index (κ3) is 3.10. The predicted octanol–water partition coefficient (Wildman–Crippen LogP) is 4.63. The highest BCUT2D eigenvalue weighted by molar-refractivity contribution is 6.32.